The fraction of sp³-hybridized carbons (Fsp3) is 0.286. The zero-order chi connectivity index (χ0) is 15.4. The number of carbonyl (C=O) groups is 1. The van der Waals surface area contributed by atoms with Crippen LogP contribution in [0.1, 0.15) is 11.3 Å². The summed E-state index contributed by atoms with van der Waals surface area (Å²) in [5.74, 6) is 2.11. The Morgan fingerprint density at radius 3 is 2.33 bits per heavy atom. The van der Waals surface area contributed by atoms with Gasteiger partial charge in [0, 0.05) is 17.8 Å². The number of ether oxygens (including phenoxy) is 2. The molecule has 0 aliphatic rings. The maximum atomic E-state index is 11.9. The van der Waals surface area contributed by atoms with Gasteiger partial charge < -0.3 is 19.3 Å². The van der Waals surface area contributed by atoms with Gasteiger partial charge in [-0.3, -0.25) is 5.32 Å². The molecule has 0 radical (unpaired) electrons. The van der Waals surface area contributed by atoms with E-state index < -0.39 is 6.03 Å². The van der Waals surface area contributed by atoms with Gasteiger partial charge in [-0.25, -0.2) is 4.79 Å². The quantitative estimate of drug-likeness (QED) is 0.904. The number of urea groups is 1. The Morgan fingerprint density at radius 2 is 1.76 bits per heavy atom. The van der Waals surface area contributed by atoms with Crippen LogP contribution in [0.5, 0.6) is 11.5 Å². The third-order valence-corrected chi connectivity index (χ3v) is 2.85. The van der Waals surface area contributed by atoms with Gasteiger partial charge in [-0.1, -0.05) is 5.16 Å². The molecule has 0 atom stereocenters. The largest absolute Gasteiger partial charge is 0.493 e. The molecule has 7 heteroatoms. The van der Waals surface area contributed by atoms with Crippen molar-refractivity contribution in [3.63, 3.8) is 0 Å². The number of hydrogen-bond donors (Lipinski definition) is 2. The van der Waals surface area contributed by atoms with Gasteiger partial charge in [0.05, 0.1) is 14.2 Å². The zero-order valence-electron chi connectivity index (χ0n) is 12.3. The number of methoxy groups -OCH3 is 2. The predicted molar refractivity (Wildman–Crippen MR) is 78.2 cm³/mol. The van der Waals surface area contributed by atoms with E-state index in [1.165, 1.54) is 7.11 Å². The van der Waals surface area contributed by atoms with E-state index in [1.807, 2.05) is 6.92 Å². The summed E-state index contributed by atoms with van der Waals surface area (Å²) in [6.45, 7) is 3.60. The van der Waals surface area contributed by atoms with Gasteiger partial charge in [-0.15, -0.1) is 0 Å². The topological polar surface area (TPSA) is 85.6 Å². The van der Waals surface area contributed by atoms with Gasteiger partial charge in [0.2, 0.25) is 0 Å². The summed E-state index contributed by atoms with van der Waals surface area (Å²) in [4.78, 5) is 11.9. The molecule has 7 nitrogen and oxygen atoms in total. The molecule has 2 rings (SSSR count). The van der Waals surface area contributed by atoms with Gasteiger partial charge in [-0.05, 0) is 25.5 Å². The van der Waals surface area contributed by atoms with E-state index in [-0.39, 0.29) is 0 Å². The molecule has 21 heavy (non-hydrogen) atoms. The number of nitrogens with zero attached hydrogens (tertiary/aromatic N) is 1. The minimum absolute atomic E-state index is 0.350. The van der Waals surface area contributed by atoms with Gasteiger partial charge in [-0.2, -0.15) is 0 Å². The number of rotatable bonds is 4. The first-order valence-electron chi connectivity index (χ1n) is 6.27. The van der Waals surface area contributed by atoms with E-state index in [0.717, 1.165) is 5.56 Å². The van der Waals surface area contributed by atoms with Crippen molar-refractivity contribution in [2.24, 2.45) is 0 Å². The SMILES string of the molecule is COc1cc(C)c(NC(=O)Nc2cc(C)on2)cc1OC. The number of anilines is 2. The first-order valence-corrected chi connectivity index (χ1v) is 6.27. The van der Waals surface area contributed by atoms with Crippen LogP contribution in [-0.4, -0.2) is 25.4 Å². The molecule has 1 aromatic heterocycles. The number of amides is 2. The van der Waals surface area contributed by atoms with E-state index in [1.54, 1.807) is 32.2 Å². The van der Waals surface area contributed by atoms with Crippen molar-refractivity contribution in [1.29, 1.82) is 0 Å². The van der Waals surface area contributed by atoms with E-state index >= 15 is 0 Å². The molecule has 2 amide bonds. The Labute approximate surface area is 122 Å². The van der Waals surface area contributed by atoms with Gasteiger partial charge in [0.15, 0.2) is 17.3 Å². The van der Waals surface area contributed by atoms with Crippen LogP contribution in [0.25, 0.3) is 0 Å². The summed E-state index contributed by atoms with van der Waals surface area (Å²) in [6.07, 6.45) is 0. The summed E-state index contributed by atoms with van der Waals surface area (Å²) in [6, 6.07) is 4.69. The summed E-state index contributed by atoms with van der Waals surface area (Å²) in [5, 5.41) is 8.99. The van der Waals surface area contributed by atoms with Crippen LogP contribution in [0.2, 0.25) is 0 Å². The third kappa shape index (κ3) is 3.44. The van der Waals surface area contributed by atoms with Crippen LogP contribution in [0, 0.1) is 13.8 Å². The number of aromatic nitrogens is 1. The van der Waals surface area contributed by atoms with E-state index in [9.17, 15) is 4.79 Å². The maximum Gasteiger partial charge on any atom is 0.324 e. The highest BCUT2D eigenvalue weighted by molar-refractivity contribution is 5.99. The molecular formula is C14H17N3O4. The van der Waals surface area contributed by atoms with Crippen molar-refractivity contribution in [1.82, 2.24) is 5.16 Å². The Bertz CT molecular complexity index is 652. The van der Waals surface area contributed by atoms with Gasteiger partial charge in [0.25, 0.3) is 0 Å². The number of benzene rings is 1. The summed E-state index contributed by atoms with van der Waals surface area (Å²) in [5.41, 5.74) is 1.46. The van der Waals surface area contributed by atoms with Crippen LogP contribution >= 0.6 is 0 Å². The average Bonchev–Trinajstić information content (AvgIpc) is 2.85. The molecule has 0 bridgehead atoms. The Morgan fingerprint density at radius 1 is 1.10 bits per heavy atom. The molecule has 2 aromatic rings. The first kappa shape index (κ1) is 14.7. The van der Waals surface area contributed by atoms with Crippen LogP contribution in [0.4, 0.5) is 16.3 Å². The molecule has 0 unspecified atom stereocenters. The molecule has 0 fully saturated rings. The molecular weight excluding hydrogens is 274 g/mol. The minimum atomic E-state index is -0.418. The van der Waals surface area contributed by atoms with Crippen molar-refractivity contribution >= 4 is 17.5 Å². The predicted octanol–water partition coefficient (Wildman–Crippen LogP) is 2.95. The lowest BCUT2D eigenvalue weighted by Crippen LogP contribution is -2.20. The molecule has 0 saturated carbocycles. The second kappa shape index (κ2) is 6.17. The van der Waals surface area contributed by atoms with Crippen molar-refractivity contribution in [3.8, 4) is 11.5 Å². The number of aryl methyl sites for hydroxylation is 2. The van der Waals surface area contributed by atoms with Crippen LogP contribution < -0.4 is 20.1 Å². The lowest BCUT2D eigenvalue weighted by molar-refractivity contribution is 0.262. The highest BCUT2D eigenvalue weighted by Crippen LogP contribution is 2.32. The van der Waals surface area contributed by atoms with Crippen LogP contribution in [-0.2, 0) is 0 Å². The number of nitrogens with one attached hydrogen (secondary N) is 2. The van der Waals surface area contributed by atoms with Crippen LogP contribution in [0.15, 0.2) is 22.7 Å². The average molecular weight is 291 g/mol. The standard InChI is InChI=1S/C14H17N3O4/c1-8-5-11(19-3)12(20-4)7-10(8)15-14(18)16-13-6-9(2)21-17-13/h5-7H,1-4H3,(H2,15,16,17,18). The lowest BCUT2D eigenvalue weighted by Gasteiger charge is -2.13. The molecule has 0 spiro atoms. The third-order valence-electron chi connectivity index (χ3n) is 2.85. The zero-order valence-corrected chi connectivity index (χ0v) is 12.3. The highest BCUT2D eigenvalue weighted by Gasteiger charge is 2.12. The van der Waals surface area contributed by atoms with Crippen molar-refractivity contribution in [2.75, 3.05) is 24.9 Å². The highest BCUT2D eigenvalue weighted by atomic mass is 16.5. The second-order valence-corrected chi connectivity index (χ2v) is 4.42. The Kier molecular flexibility index (Phi) is 4.32. The molecule has 0 saturated heterocycles. The fourth-order valence-corrected chi connectivity index (χ4v) is 1.81. The molecule has 0 aliphatic carbocycles. The van der Waals surface area contributed by atoms with Gasteiger partial charge >= 0.3 is 6.03 Å². The summed E-state index contributed by atoms with van der Waals surface area (Å²) < 4.78 is 15.3. The number of hydrogen-bond acceptors (Lipinski definition) is 5. The summed E-state index contributed by atoms with van der Waals surface area (Å²) in [7, 11) is 3.10. The minimum Gasteiger partial charge on any atom is -0.493 e. The maximum absolute atomic E-state index is 11.9. The van der Waals surface area contributed by atoms with E-state index in [2.05, 4.69) is 15.8 Å². The van der Waals surface area contributed by atoms with Crippen molar-refractivity contribution < 1.29 is 18.8 Å². The Balaban J connectivity index is 2.13. The molecule has 112 valence electrons. The number of carbonyl (C=O) groups excluding carboxylic acids is 1. The van der Waals surface area contributed by atoms with Gasteiger partial charge in [0.1, 0.15) is 5.76 Å². The van der Waals surface area contributed by atoms with Crippen molar-refractivity contribution in [2.45, 2.75) is 13.8 Å². The molecule has 1 heterocycles. The first-order chi connectivity index (χ1) is 10.0. The Hall–Kier alpha value is -2.70. The van der Waals surface area contributed by atoms with Crippen molar-refractivity contribution in [3.05, 3.63) is 29.5 Å². The lowest BCUT2D eigenvalue weighted by atomic mass is 10.1. The second-order valence-electron chi connectivity index (χ2n) is 4.42. The smallest absolute Gasteiger partial charge is 0.324 e. The molecule has 2 N–H and O–H groups in total. The van der Waals surface area contributed by atoms with Crippen LogP contribution in [0.3, 0.4) is 0 Å². The monoisotopic (exact) mass is 291 g/mol. The molecule has 0 aliphatic heterocycles. The van der Waals surface area contributed by atoms with E-state index in [4.69, 9.17) is 14.0 Å². The normalized spacial score (nSPS) is 10.1. The molecule has 1 aromatic carbocycles. The summed E-state index contributed by atoms with van der Waals surface area (Å²) >= 11 is 0. The fourth-order valence-electron chi connectivity index (χ4n) is 1.81. The van der Waals surface area contributed by atoms with E-state index in [0.29, 0.717) is 28.8 Å².